The van der Waals surface area contributed by atoms with Crippen LogP contribution in [0.25, 0.3) is 0 Å². The van der Waals surface area contributed by atoms with Crippen molar-refractivity contribution in [2.45, 2.75) is 45.1 Å². The van der Waals surface area contributed by atoms with Gasteiger partial charge < -0.3 is 20.1 Å². The third-order valence-electron chi connectivity index (χ3n) is 4.26. The Morgan fingerprint density at radius 1 is 1.64 bits per heavy atom. The number of aromatic nitrogens is 2. The summed E-state index contributed by atoms with van der Waals surface area (Å²) >= 11 is 0. The Hall–Kier alpha value is -1.29. The van der Waals surface area contributed by atoms with Crippen LogP contribution >= 0.6 is 7.82 Å². The number of aryl methyl sites for hydroxylation is 1. The molecule has 25 heavy (non-hydrogen) atoms. The largest absolute Gasteiger partial charge is 0.472 e. The molecule has 2 rings (SSSR count). The molecular weight excluding hydrogens is 353 g/mol. The van der Waals surface area contributed by atoms with Gasteiger partial charge in [-0.2, -0.15) is 4.98 Å². The molecule has 142 valence electrons. The third-order valence-corrected chi connectivity index (χ3v) is 5.25. The Labute approximate surface area is 145 Å². The molecule has 0 amide bonds. The molecule has 1 aliphatic heterocycles. The Bertz CT molecular complexity index is 725. The minimum absolute atomic E-state index is 0.0718. The van der Waals surface area contributed by atoms with Gasteiger partial charge in [-0.3, -0.25) is 13.6 Å². The Morgan fingerprint density at radius 2 is 2.32 bits per heavy atom. The van der Waals surface area contributed by atoms with E-state index in [9.17, 15) is 14.3 Å². The van der Waals surface area contributed by atoms with Crippen LogP contribution in [0.15, 0.2) is 11.0 Å². The monoisotopic (exact) mass is 377 g/mol. The van der Waals surface area contributed by atoms with E-state index >= 15 is 0 Å². The van der Waals surface area contributed by atoms with Gasteiger partial charge in [-0.25, -0.2) is 9.36 Å². The Kier molecular flexibility index (Phi) is 6.03. The molecule has 0 radical (unpaired) electrons. The molecule has 3 N–H and O–H groups in total. The van der Waals surface area contributed by atoms with Gasteiger partial charge in [0.1, 0.15) is 23.8 Å². The van der Waals surface area contributed by atoms with Gasteiger partial charge in [-0.05, 0) is 20.3 Å². The molecule has 2 heterocycles. The van der Waals surface area contributed by atoms with Gasteiger partial charge in [0.05, 0.1) is 13.2 Å². The molecule has 0 bridgehead atoms. The highest BCUT2D eigenvalue weighted by atomic mass is 31.2. The van der Waals surface area contributed by atoms with E-state index in [1.165, 1.54) is 4.57 Å². The summed E-state index contributed by atoms with van der Waals surface area (Å²) in [5.41, 5.74) is 4.71. The zero-order chi connectivity index (χ0) is 18.8. The first kappa shape index (κ1) is 20.0. The molecule has 0 aromatic carbocycles. The molecule has 0 aliphatic carbocycles. The van der Waals surface area contributed by atoms with E-state index in [0.29, 0.717) is 12.0 Å². The molecule has 0 spiro atoms. The van der Waals surface area contributed by atoms with E-state index in [0.717, 1.165) is 7.11 Å². The van der Waals surface area contributed by atoms with Gasteiger partial charge in [0.2, 0.25) is 0 Å². The maximum atomic E-state index is 12.1. The topological polar surface area (TPSA) is 135 Å². The lowest BCUT2D eigenvalue weighted by Gasteiger charge is -2.35. The smallest absolute Gasteiger partial charge is 0.383 e. The lowest BCUT2D eigenvalue weighted by molar-refractivity contribution is -0.156. The first-order chi connectivity index (χ1) is 11.6. The number of nitrogen functional groups attached to an aromatic ring is 1. The number of phosphoric ester groups is 1. The molecule has 0 saturated carbocycles. The van der Waals surface area contributed by atoms with Crippen molar-refractivity contribution in [1.82, 2.24) is 9.55 Å². The molecule has 1 aromatic rings. The molecule has 10 nitrogen and oxygen atoms in total. The van der Waals surface area contributed by atoms with Crippen LogP contribution < -0.4 is 11.4 Å². The molecule has 1 aromatic heterocycles. The fourth-order valence-corrected chi connectivity index (χ4v) is 3.33. The number of hydrogen-bond donors (Lipinski definition) is 2. The van der Waals surface area contributed by atoms with Gasteiger partial charge in [-0.1, -0.05) is 6.92 Å². The molecule has 4 atom stereocenters. The molecule has 1 saturated heterocycles. The summed E-state index contributed by atoms with van der Waals surface area (Å²) in [4.78, 5) is 25.4. The van der Waals surface area contributed by atoms with Crippen LogP contribution in [-0.2, 0) is 23.1 Å². The highest BCUT2D eigenvalue weighted by molar-refractivity contribution is 7.47. The van der Waals surface area contributed by atoms with E-state index in [4.69, 9.17) is 19.7 Å². The summed E-state index contributed by atoms with van der Waals surface area (Å²) in [6.07, 6.45) is 0.445. The van der Waals surface area contributed by atoms with E-state index in [2.05, 4.69) is 9.51 Å². The molecule has 1 fully saturated rings. The van der Waals surface area contributed by atoms with Crippen LogP contribution in [0.1, 0.15) is 32.1 Å². The second-order valence-electron chi connectivity index (χ2n) is 5.89. The number of ether oxygens (including phenoxy) is 2. The summed E-state index contributed by atoms with van der Waals surface area (Å²) in [6.45, 7) is 5.45. The standard InChI is InChI=1S/C14H24N3O7P/c1-5-14(8-22-7-11(14)24-25(19,20)21-4)23-10(3)17-6-9(2)12(15)16-13(17)18/h6,10-11H,5,7-8H2,1-4H3,(H,19,20)(H2,15,16,18)/t10?,11?,14-/m0/s1. The van der Waals surface area contributed by atoms with Crippen molar-refractivity contribution in [1.29, 1.82) is 0 Å². The van der Waals surface area contributed by atoms with Crippen molar-refractivity contribution in [2.75, 3.05) is 26.1 Å². The summed E-state index contributed by atoms with van der Waals surface area (Å²) in [6, 6.07) is 0. The molecule has 11 heteroatoms. The van der Waals surface area contributed by atoms with Crippen molar-refractivity contribution in [3.8, 4) is 0 Å². The Balaban J connectivity index is 2.27. The van der Waals surface area contributed by atoms with E-state index in [1.807, 2.05) is 6.92 Å². The summed E-state index contributed by atoms with van der Waals surface area (Å²) in [7, 11) is -3.13. The van der Waals surface area contributed by atoms with Crippen molar-refractivity contribution < 1.29 is 28.0 Å². The number of nitrogens with zero attached hydrogens (tertiary/aromatic N) is 2. The van der Waals surface area contributed by atoms with Crippen molar-refractivity contribution in [3.63, 3.8) is 0 Å². The van der Waals surface area contributed by atoms with E-state index < -0.39 is 31.4 Å². The van der Waals surface area contributed by atoms with Crippen LogP contribution in [0.3, 0.4) is 0 Å². The number of rotatable bonds is 7. The van der Waals surface area contributed by atoms with E-state index in [-0.39, 0.29) is 19.0 Å². The highest BCUT2D eigenvalue weighted by Crippen LogP contribution is 2.48. The van der Waals surface area contributed by atoms with Gasteiger partial charge >= 0.3 is 13.5 Å². The predicted octanol–water partition coefficient (Wildman–Crippen LogP) is 0.980. The average Bonchev–Trinajstić information content (AvgIpc) is 2.93. The van der Waals surface area contributed by atoms with Crippen LogP contribution in [0.2, 0.25) is 0 Å². The predicted molar refractivity (Wildman–Crippen MR) is 89.0 cm³/mol. The second kappa shape index (κ2) is 7.53. The van der Waals surface area contributed by atoms with Crippen molar-refractivity contribution >= 4 is 13.6 Å². The van der Waals surface area contributed by atoms with Crippen LogP contribution in [0.4, 0.5) is 5.82 Å². The van der Waals surface area contributed by atoms with Gasteiger partial charge in [0.25, 0.3) is 0 Å². The fraction of sp³-hybridized carbons (Fsp3) is 0.714. The van der Waals surface area contributed by atoms with Crippen LogP contribution in [0, 0.1) is 6.92 Å². The SMILES string of the molecule is CC[C@]1(OC(C)n2cc(C)c(N)nc2=O)COCC1OP(=O)(O)OC. The fourth-order valence-electron chi connectivity index (χ4n) is 2.67. The zero-order valence-corrected chi connectivity index (χ0v) is 15.6. The maximum Gasteiger partial charge on any atom is 0.472 e. The first-order valence-corrected chi connectivity index (χ1v) is 9.31. The molecular formula is C14H24N3O7P. The minimum atomic E-state index is -4.21. The molecule has 3 unspecified atom stereocenters. The second-order valence-corrected chi connectivity index (χ2v) is 7.41. The molecule has 1 aliphatic rings. The number of phosphoric acid groups is 1. The number of hydrogen-bond acceptors (Lipinski definition) is 8. The van der Waals surface area contributed by atoms with Gasteiger partial charge in [-0.15, -0.1) is 0 Å². The van der Waals surface area contributed by atoms with Crippen LogP contribution in [0.5, 0.6) is 0 Å². The Morgan fingerprint density at radius 3 is 2.92 bits per heavy atom. The van der Waals surface area contributed by atoms with Crippen molar-refractivity contribution in [2.24, 2.45) is 0 Å². The number of nitrogens with two attached hydrogens (primary N) is 1. The maximum absolute atomic E-state index is 12.1. The lowest BCUT2D eigenvalue weighted by Crippen LogP contribution is -2.47. The zero-order valence-electron chi connectivity index (χ0n) is 14.7. The lowest BCUT2D eigenvalue weighted by atomic mass is 9.97. The first-order valence-electron chi connectivity index (χ1n) is 7.82. The summed E-state index contributed by atoms with van der Waals surface area (Å²) < 4.78 is 34.2. The average molecular weight is 377 g/mol. The quantitative estimate of drug-likeness (QED) is 0.666. The highest BCUT2D eigenvalue weighted by Gasteiger charge is 2.49. The van der Waals surface area contributed by atoms with Crippen LogP contribution in [-0.4, -0.2) is 46.5 Å². The minimum Gasteiger partial charge on any atom is -0.383 e. The van der Waals surface area contributed by atoms with E-state index in [1.54, 1.807) is 20.0 Å². The van der Waals surface area contributed by atoms with Gasteiger partial charge in [0.15, 0.2) is 0 Å². The normalized spacial score (nSPS) is 27.2. The summed E-state index contributed by atoms with van der Waals surface area (Å²) in [5.74, 6) is 0.158. The van der Waals surface area contributed by atoms with Crippen molar-refractivity contribution in [3.05, 3.63) is 22.2 Å². The summed E-state index contributed by atoms with van der Waals surface area (Å²) in [5, 5.41) is 0. The van der Waals surface area contributed by atoms with Gasteiger partial charge in [0, 0.05) is 18.9 Å². The third kappa shape index (κ3) is 4.28. The number of anilines is 1.